The first-order valence-electron chi connectivity index (χ1n) is 8.73. The smallest absolute Gasteiger partial charge is 0.0939 e. The van der Waals surface area contributed by atoms with Gasteiger partial charge < -0.3 is 20.1 Å². The summed E-state index contributed by atoms with van der Waals surface area (Å²) >= 11 is 0. The standard InChI is InChI=1S/C17H32N2O2/c1-19(2)17(7-4-3-5-8-17)15(18)14-6-10-21-16(12-14)9-11-20-13-16/h14-15H,3-13,18H2,1-2H3. The van der Waals surface area contributed by atoms with Crippen LogP contribution < -0.4 is 5.73 Å². The molecular weight excluding hydrogens is 264 g/mol. The van der Waals surface area contributed by atoms with Gasteiger partial charge in [0.2, 0.25) is 0 Å². The molecule has 3 fully saturated rings. The van der Waals surface area contributed by atoms with E-state index in [0.29, 0.717) is 5.92 Å². The van der Waals surface area contributed by atoms with Gasteiger partial charge in [-0.25, -0.2) is 0 Å². The van der Waals surface area contributed by atoms with Gasteiger partial charge in [0.15, 0.2) is 0 Å². The molecule has 2 N–H and O–H groups in total. The van der Waals surface area contributed by atoms with Crippen LogP contribution in [0.1, 0.15) is 51.4 Å². The molecule has 0 aromatic rings. The molecule has 1 spiro atoms. The van der Waals surface area contributed by atoms with Crippen LogP contribution in [0.5, 0.6) is 0 Å². The second kappa shape index (κ2) is 6.15. The molecule has 4 nitrogen and oxygen atoms in total. The van der Waals surface area contributed by atoms with Gasteiger partial charge in [-0.2, -0.15) is 0 Å². The zero-order valence-electron chi connectivity index (χ0n) is 13.8. The number of likely N-dealkylation sites (N-methyl/N-ethyl adjacent to an activating group) is 1. The lowest BCUT2D eigenvalue weighted by Crippen LogP contribution is -2.62. The van der Waals surface area contributed by atoms with Crippen molar-refractivity contribution in [2.24, 2.45) is 11.7 Å². The topological polar surface area (TPSA) is 47.7 Å². The van der Waals surface area contributed by atoms with Gasteiger partial charge in [0.05, 0.1) is 12.2 Å². The van der Waals surface area contributed by atoms with Crippen molar-refractivity contribution in [3.8, 4) is 0 Å². The van der Waals surface area contributed by atoms with Crippen LogP contribution >= 0.6 is 0 Å². The lowest BCUT2D eigenvalue weighted by Gasteiger charge is -2.51. The highest BCUT2D eigenvalue weighted by Crippen LogP contribution is 2.43. The Hall–Kier alpha value is -0.160. The van der Waals surface area contributed by atoms with E-state index in [1.54, 1.807) is 0 Å². The number of hydrogen-bond acceptors (Lipinski definition) is 4. The van der Waals surface area contributed by atoms with Crippen LogP contribution in [-0.2, 0) is 9.47 Å². The normalized spacial score (nSPS) is 38.0. The number of hydrogen-bond donors (Lipinski definition) is 1. The summed E-state index contributed by atoms with van der Waals surface area (Å²) in [7, 11) is 4.44. The Kier molecular flexibility index (Phi) is 4.60. The SMILES string of the molecule is CN(C)C1(C(N)C2CCOC3(CCOC3)C2)CCCCC1. The molecule has 2 heterocycles. The van der Waals surface area contributed by atoms with E-state index in [1.807, 2.05) is 0 Å². The van der Waals surface area contributed by atoms with E-state index in [9.17, 15) is 0 Å². The maximum absolute atomic E-state index is 6.87. The van der Waals surface area contributed by atoms with E-state index in [1.165, 1.54) is 32.1 Å². The molecular formula is C17H32N2O2. The predicted octanol–water partition coefficient (Wildman–Crippen LogP) is 2.16. The molecule has 3 unspecified atom stereocenters. The van der Waals surface area contributed by atoms with E-state index in [-0.39, 0.29) is 17.2 Å². The summed E-state index contributed by atoms with van der Waals surface area (Å²) in [5, 5.41) is 0. The minimum atomic E-state index is -0.0251. The molecule has 2 saturated heterocycles. The summed E-state index contributed by atoms with van der Waals surface area (Å²) in [5.41, 5.74) is 7.04. The highest BCUT2D eigenvalue weighted by molar-refractivity contribution is 5.04. The molecule has 122 valence electrons. The lowest BCUT2D eigenvalue weighted by molar-refractivity contribution is -0.111. The largest absolute Gasteiger partial charge is 0.378 e. The molecule has 0 bridgehead atoms. The molecule has 0 aromatic heterocycles. The number of nitrogens with zero attached hydrogens (tertiary/aromatic N) is 1. The maximum Gasteiger partial charge on any atom is 0.0939 e. The summed E-state index contributed by atoms with van der Waals surface area (Å²) in [5.74, 6) is 0.570. The molecule has 3 atom stereocenters. The molecule has 3 rings (SSSR count). The summed E-state index contributed by atoms with van der Waals surface area (Å²) < 4.78 is 11.7. The van der Waals surface area contributed by atoms with Crippen LogP contribution in [-0.4, -0.2) is 56.0 Å². The Balaban J connectivity index is 1.74. The quantitative estimate of drug-likeness (QED) is 0.867. The van der Waals surface area contributed by atoms with Crippen molar-refractivity contribution in [3.63, 3.8) is 0 Å². The summed E-state index contributed by atoms with van der Waals surface area (Å²) in [6, 6.07) is 0.258. The third-order valence-corrected chi connectivity index (χ3v) is 6.34. The Morgan fingerprint density at radius 1 is 1.10 bits per heavy atom. The zero-order valence-corrected chi connectivity index (χ0v) is 13.8. The molecule has 3 aliphatic rings. The van der Waals surface area contributed by atoms with E-state index in [2.05, 4.69) is 19.0 Å². The van der Waals surface area contributed by atoms with Crippen molar-refractivity contribution in [1.82, 2.24) is 4.90 Å². The van der Waals surface area contributed by atoms with Crippen LogP contribution in [0.3, 0.4) is 0 Å². The second-order valence-corrected chi connectivity index (χ2v) is 7.67. The summed E-state index contributed by atoms with van der Waals surface area (Å²) in [4.78, 5) is 2.42. The number of ether oxygens (including phenoxy) is 2. The van der Waals surface area contributed by atoms with Gasteiger partial charge in [0.25, 0.3) is 0 Å². The molecule has 4 heteroatoms. The van der Waals surface area contributed by atoms with Crippen molar-refractivity contribution < 1.29 is 9.47 Å². The van der Waals surface area contributed by atoms with Crippen molar-refractivity contribution in [3.05, 3.63) is 0 Å². The molecule has 0 aromatic carbocycles. The van der Waals surface area contributed by atoms with Gasteiger partial charge in [0.1, 0.15) is 0 Å². The highest BCUT2D eigenvalue weighted by atomic mass is 16.6. The van der Waals surface area contributed by atoms with Crippen LogP contribution in [0.2, 0.25) is 0 Å². The Morgan fingerprint density at radius 3 is 2.48 bits per heavy atom. The first-order valence-corrected chi connectivity index (χ1v) is 8.73. The minimum absolute atomic E-state index is 0.0251. The number of rotatable bonds is 3. The average molecular weight is 296 g/mol. The Morgan fingerprint density at radius 2 is 1.86 bits per heavy atom. The molecule has 1 saturated carbocycles. The van der Waals surface area contributed by atoms with Crippen LogP contribution in [0.4, 0.5) is 0 Å². The number of nitrogens with two attached hydrogens (primary N) is 1. The zero-order chi connectivity index (χ0) is 14.9. The monoisotopic (exact) mass is 296 g/mol. The first-order chi connectivity index (χ1) is 10.1. The first kappa shape index (κ1) is 15.7. The minimum Gasteiger partial charge on any atom is -0.378 e. The average Bonchev–Trinajstić information content (AvgIpc) is 2.95. The van der Waals surface area contributed by atoms with E-state index in [0.717, 1.165) is 39.1 Å². The van der Waals surface area contributed by atoms with Gasteiger partial charge in [0, 0.05) is 31.2 Å². The van der Waals surface area contributed by atoms with Gasteiger partial charge >= 0.3 is 0 Å². The molecule has 2 aliphatic heterocycles. The third kappa shape index (κ3) is 2.88. The highest BCUT2D eigenvalue weighted by Gasteiger charge is 2.48. The molecule has 1 aliphatic carbocycles. The van der Waals surface area contributed by atoms with E-state index < -0.39 is 0 Å². The fourth-order valence-corrected chi connectivity index (χ4v) is 4.92. The van der Waals surface area contributed by atoms with Crippen molar-refractivity contribution in [2.45, 2.75) is 68.5 Å². The Bertz CT molecular complexity index is 347. The molecule has 21 heavy (non-hydrogen) atoms. The second-order valence-electron chi connectivity index (χ2n) is 7.67. The van der Waals surface area contributed by atoms with Gasteiger partial charge in [-0.1, -0.05) is 19.3 Å². The van der Waals surface area contributed by atoms with Crippen LogP contribution in [0, 0.1) is 5.92 Å². The van der Waals surface area contributed by atoms with Gasteiger partial charge in [-0.05, 0) is 45.7 Å². The van der Waals surface area contributed by atoms with Gasteiger partial charge in [-0.15, -0.1) is 0 Å². The van der Waals surface area contributed by atoms with Crippen LogP contribution in [0.15, 0.2) is 0 Å². The summed E-state index contributed by atoms with van der Waals surface area (Å²) in [6.45, 7) is 2.47. The van der Waals surface area contributed by atoms with Crippen LogP contribution in [0.25, 0.3) is 0 Å². The Labute approximate surface area is 129 Å². The predicted molar refractivity (Wildman–Crippen MR) is 84.3 cm³/mol. The van der Waals surface area contributed by atoms with Gasteiger partial charge in [-0.3, -0.25) is 0 Å². The fraction of sp³-hybridized carbons (Fsp3) is 1.00. The lowest BCUT2D eigenvalue weighted by atomic mass is 9.68. The van der Waals surface area contributed by atoms with Crippen molar-refractivity contribution in [1.29, 1.82) is 0 Å². The third-order valence-electron chi connectivity index (χ3n) is 6.34. The van der Waals surface area contributed by atoms with Crippen molar-refractivity contribution in [2.75, 3.05) is 33.9 Å². The molecule has 0 amide bonds. The van der Waals surface area contributed by atoms with Crippen molar-refractivity contribution >= 4 is 0 Å². The maximum atomic E-state index is 6.87. The van der Waals surface area contributed by atoms with E-state index >= 15 is 0 Å². The summed E-state index contributed by atoms with van der Waals surface area (Å²) in [6.07, 6.45) is 9.76. The fourth-order valence-electron chi connectivity index (χ4n) is 4.92. The van der Waals surface area contributed by atoms with E-state index in [4.69, 9.17) is 15.2 Å². The molecule has 0 radical (unpaired) electrons.